The van der Waals surface area contributed by atoms with Crippen molar-refractivity contribution in [2.45, 2.75) is 50.8 Å². The number of carbonyl (C=O) groups is 1. The van der Waals surface area contributed by atoms with Crippen LogP contribution in [0.4, 0.5) is 0 Å². The van der Waals surface area contributed by atoms with Gasteiger partial charge in [-0.1, -0.05) is 18.9 Å². The van der Waals surface area contributed by atoms with E-state index in [1.807, 2.05) is 24.4 Å². The van der Waals surface area contributed by atoms with Crippen molar-refractivity contribution in [3.8, 4) is 10.7 Å². The Morgan fingerprint density at radius 3 is 3.04 bits per heavy atom. The molecule has 1 aliphatic carbocycles. The number of carbonyl (C=O) groups excluding carboxylic acids is 1. The van der Waals surface area contributed by atoms with Crippen molar-refractivity contribution in [1.29, 1.82) is 0 Å². The van der Waals surface area contributed by atoms with Crippen LogP contribution in [0.5, 0.6) is 0 Å². The highest BCUT2D eigenvalue weighted by molar-refractivity contribution is 7.71. The summed E-state index contributed by atoms with van der Waals surface area (Å²) in [7, 11) is 1.71. The lowest BCUT2D eigenvalue weighted by atomic mass is 9.92. The molecule has 3 atom stereocenters. The van der Waals surface area contributed by atoms with Gasteiger partial charge in [0, 0.05) is 7.11 Å². The van der Waals surface area contributed by atoms with E-state index in [4.69, 9.17) is 17.0 Å². The summed E-state index contributed by atoms with van der Waals surface area (Å²) < 4.78 is 7.75. The second kappa shape index (κ2) is 7.58. The van der Waals surface area contributed by atoms with Gasteiger partial charge in [0.1, 0.15) is 6.04 Å². The van der Waals surface area contributed by atoms with Crippen LogP contribution in [0.25, 0.3) is 10.7 Å². The quantitative estimate of drug-likeness (QED) is 0.797. The van der Waals surface area contributed by atoms with Crippen LogP contribution in [0.3, 0.4) is 0 Å². The molecule has 6 nitrogen and oxygen atoms in total. The van der Waals surface area contributed by atoms with E-state index >= 15 is 0 Å². The molecular weight excluding hydrogens is 344 g/mol. The van der Waals surface area contributed by atoms with Gasteiger partial charge in [0.15, 0.2) is 10.6 Å². The van der Waals surface area contributed by atoms with E-state index in [9.17, 15) is 4.79 Å². The highest BCUT2D eigenvalue weighted by Gasteiger charge is 2.29. The number of methoxy groups -OCH3 is 1. The highest BCUT2D eigenvalue weighted by atomic mass is 32.1. The molecule has 130 valence electrons. The number of thiophene rings is 1. The number of hydrogen-bond donors (Lipinski definition) is 2. The first-order valence-corrected chi connectivity index (χ1v) is 9.44. The maximum Gasteiger partial charge on any atom is 0.243 e. The van der Waals surface area contributed by atoms with Crippen molar-refractivity contribution in [2.75, 3.05) is 7.11 Å². The van der Waals surface area contributed by atoms with Gasteiger partial charge in [-0.2, -0.15) is 5.10 Å². The van der Waals surface area contributed by atoms with Gasteiger partial charge in [-0.05, 0) is 43.4 Å². The fraction of sp³-hybridized carbons (Fsp3) is 0.562. The number of nitrogens with one attached hydrogen (secondary N) is 2. The average molecular weight is 367 g/mol. The first kappa shape index (κ1) is 17.3. The summed E-state index contributed by atoms with van der Waals surface area (Å²) in [5, 5.41) is 12.2. The molecular formula is C16H22N4O2S2. The van der Waals surface area contributed by atoms with Crippen molar-refractivity contribution < 1.29 is 9.53 Å². The molecule has 0 spiro atoms. The summed E-state index contributed by atoms with van der Waals surface area (Å²) in [6, 6.07) is 3.55. The molecule has 1 aliphatic rings. The van der Waals surface area contributed by atoms with Crippen LogP contribution in [0, 0.1) is 4.77 Å². The highest BCUT2D eigenvalue weighted by Crippen LogP contribution is 2.26. The minimum Gasteiger partial charge on any atom is -0.379 e. The summed E-state index contributed by atoms with van der Waals surface area (Å²) in [5.74, 6) is 0.642. The van der Waals surface area contributed by atoms with Crippen LogP contribution in [0.1, 0.15) is 38.6 Å². The zero-order valence-corrected chi connectivity index (χ0v) is 15.5. The zero-order chi connectivity index (χ0) is 17.1. The first-order valence-electron chi connectivity index (χ1n) is 8.15. The van der Waals surface area contributed by atoms with Gasteiger partial charge < -0.3 is 10.1 Å². The molecule has 0 radical (unpaired) electrons. The maximum absolute atomic E-state index is 12.8. The number of aromatic amines is 1. The summed E-state index contributed by atoms with van der Waals surface area (Å²) in [4.78, 5) is 13.8. The molecule has 8 heteroatoms. The Labute approximate surface area is 150 Å². The van der Waals surface area contributed by atoms with E-state index in [1.165, 1.54) is 0 Å². The van der Waals surface area contributed by atoms with E-state index in [2.05, 4.69) is 15.5 Å². The van der Waals surface area contributed by atoms with Gasteiger partial charge in [-0.15, -0.1) is 11.3 Å². The first-order chi connectivity index (χ1) is 11.6. The third-order valence-corrected chi connectivity index (χ3v) is 5.70. The van der Waals surface area contributed by atoms with Gasteiger partial charge in [-0.25, -0.2) is 0 Å². The van der Waals surface area contributed by atoms with Crippen LogP contribution in [-0.4, -0.2) is 39.9 Å². The minimum atomic E-state index is -0.437. The second-order valence-electron chi connectivity index (χ2n) is 6.05. The average Bonchev–Trinajstić information content (AvgIpc) is 3.24. The zero-order valence-electron chi connectivity index (χ0n) is 13.8. The van der Waals surface area contributed by atoms with Crippen LogP contribution in [0.2, 0.25) is 0 Å². The summed E-state index contributed by atoms with van der Waals surface area (Å²) in [6.07, 6.45) is 4.29. The van der Waals surface area contributed by atoms with E-state index in [1.54, 1.807) is 23.0 Å². The summed E-state index contributed by atoms with van der Waals surface area (Å²) in [5.41, 5.74) is 0. The Balaban J connectivity index is 1.79. The van der Waals surface area contributed by atoms with Gasteiger partial charge >= 0.3 is 0 Å². The maximum atomic E-state index is 12.8. The molecule has 2 N–H and O–H groups in total. The molecule has 0 aromatic carbocycles. The third-order valence-electron chi connectivity index (χ3n) is 4.55. The predicted octanol–water partition coefficient (Wildman–Crippen LogP) is 3.30. The van der Waals surface area contributed by atoms with Gasteiger partial charge in [0.2, 0.25) is 5.91 Å². The van der Waals surface area contributed by atoms with Crippen molar-refractivity contribution in [2.24, 2.45) is 0 Å². The Morgan fingerprint density at radius 1 is 1.54 bits per heavy atom. The van der Waals surface area contributed by atoms with Gasteiger partial charge in [-0.3, -0.25) is 14.5 Å². The Morgan fingerprint density at radius 2 is 2.33 bits per heavy atom. The fourth-order valence-electron chi connectivity index (χ4n) is 3.21. The predicted molar refractivity (Wildman–Crippen MR) is 96.6 cm³/mol. The van der Waals surface area contributed by atoms with Crippen LogP contribution in [0.15, 0.2) is 17.5 Å². The van der Waals surface area contributed by atoms with Crippen molar-refractivity contribution in [1.82, 2.24) is 20.1 Å². The lowest BCUT2D eigenvalue weighted by Crippen LogP contribution is -2.47. The molecule has 0 bridgehead atoms. The number of rotatable bonds is 5. The number of nitrogens with zero attached hydrogens (tertiary/aromatic N) is 2. The molecule has 0 saturated heterocycles. The van der Waals surface area contributed by atoms with E-state index in [0.29, 0.717) is 10.6 Å². The minimum absolute atomic E-state index is 0.0562. The molecule has 1 amide bonds. The van der Waals surface area contributed by atoms with Gasteiger partial charge in [0.05, 0.1) is 17.0 Å². The van der Waals surface area contributed by atoms with Crippen LogP contribution in [-0.2, 0) is 9.53 Å². The molecule has 24 heavy (non-hydrogen) atoms. The van der Waals surface area contributed by atoms with Crippen LogP contribution < -0.4 is 5.32 Å². The molecule has 1 fully saturated rings. The van der Waals surface area contributed by atoms with Gasteiger partial charge in [0.25, 0.3) is 0 Å². The van der Waals surface area contributed by atoms with Crippen molar-refractivity contribution >= 4 is 29.5 Å². The lowest BCUT2D eigenvalue weighted by Gasteiger charge is -2.32. The smallest absolute Gasteiger partial charge is 0.243 e. The number of amides is 1. The standard InChI is InChI=1S/C16H22N4O2S2/c1-10(15(21)17-11-6-3-4-7-12(11)22-2)20-14(18-19-16(20)23)13-8-5-9-24-13/h5,8-12H,3-4,6-7H2,1-2H3,(H,17,21)(H,19,23)/t10-,11+,12+/m0/s1. The molecule has 2 aromatic rings. The second-order valence-corrected chi connectivity index (χ2v) is 7.38. The largest absolute Gasteiger partial charge is 0.379 e. The third kappa shape index (κ3) is 3.45. The van der Waals surface area contributed by atoms with E-state index in [0.717, 1.165) is 30.6 Å². The van der Waals surface area contributed by atoms with Crippen LogP contribution >= 0.6 is 23.6 Å². The number of H-pyrrole nitrogens is 1. The van der Waals surface area contributed by atoms with E-state index < -0.39 is 6.04 Å². The monoisotopic (exact) mass is 366 g/mol. The molecule has 1 saturated carbocycles. The number of aromatic nitrogens is 3. The van der Waals surface area contributed by atoms with E-state index in [-0.39, 0.29) is 18.1 Å². The Kier molecular flexibility index (Phi) is 5.47. The molecule has 2 aromatic heterocycles. The number of hydrogen-bond acceptors (Lipinski definition) is 5. The lowest BCUT2D eigenvalue weighted by molar-refractivity contribution is -0.126. The summed E-state index contributed by atoms with van der Waals surface area (Å²) >= 11 is 6.91. The summed E-state index contributed by atoms with van der Waals surface area (Å²) in [6.45, 7) is 1.85. The Hall–Kier alpha value is -1.51. The molecule has 3 rings (SSSR count). The normalized spacial score (nSPS) is 22.2. The van der Waals surface area contributed by atoms with Crippen molar-refractivity contribution in [3.05, 3.63) is 22.3 Å². The number of ether oxygens (including phenoxy) is 1. The molecule has 2 heterocycles. The van der Waals surface area contributed by atoms with Crippen molar-refractivity contribution in [3.63, 3.8) is 0 Å². The Bertz CT molecular complexity index is 738. The SMILES string of the molecule is CO[C@@H]1CCCC[C@H]1NC(=O)[C@H](C)n1c(-c2cccs2)n[nH]c1=S. The molecule has 0 aliphatic heterocycles. The fourth-order valence-corrected chi connectivity index (χ4v) is 4.21. The molecule has 0 unspecified atom stereocenters. The topological polar surface area (TPSA) is 71.9 Å².